The molecule has 0 saturated carbocycles. The molecule has 11 bridgehead atoms. The maximum absolute atomic E-state index is 16.2. The number of phenolic OH excluding ortho intramolecular Hbond substituents is 3. The van der Waals surface area contributed by atoms with Crippen molar-refractivity contribution in [2.24, 2.45) is 16.8 Å². The zero-order valence-corrected chi connectivity index (χ0v) is 65.1. The number of aromatic hydroxyl groups is 3. The average molecular weight is 1670 g/mol. The lowest BCUT2D eigenvalue weighted by Crippen LogP contribution is -2.65. The first-order valence-electron chi connectivity index (χ1n) is 36.8. The summed E-state index contributed by atoms with van der Waals surface area (Å²) in [5.41, 5.74) is 13.9. The number of ether oxygens (including phenoxy) is 6. The van der Waals surface area contributed by atoms with Crippen LogP contribution in [0.5, 0.6) is 46.0 Å². The number of hydrogen-bond acceptors (Lipinski definition) is 25. The molecule has 7 aliphatic heterocycles. The number of aliphatic hydroxyl groups excluding tert-OH is 5. The zero-order chi connectivity index (χ0) is 84.3. The highest BCUT2D eigenvalue weighted by Gasteiger charge is 2.52. The Hall–Kier alpha value is -11.1. The number of fused-ring (bicyclic) bond motifs is 15. The van der Waals surface area contributed by atoms with Crippen LogP contribution in [-0.4, -0.2) is 186 Å². The van der Waals surface area contributed by atoms with Crippen molar-refractivity contribution in [1.29, 1.82) is 0 Å². The zero-order valence-electron chi connectivity index (χ0n) is 62.8. The van der Waals surface area contributed by atoms with Gasteiger partial charge in [-0.15, -0.1) is 0 Å². The highest BCUT2D eigenvalue weighted by Crippen LogP contribution is 2.50. The third-order valence-corrected chi connectivity index (χ3v) is 21.5. The Kier molecular flexibility index (Phi) is 26.1. The first-order valence-corrected chi connectivity index (χ1v) is 37.9. The molecule has 14 rings (SSSR count). The Morgan fingerprint density at radius 3 is 1.91 bits per heavy atom. The number of nitrogens with one attached hydrogen (secondary N) is 8. The maximum Gasteiger partial charge on any atom is 0.330 e. The first-order chi connectivity index (χ1) is 55.6. The Labute approximate surface area is 681 Å². The summed E-state index contributed by atoms with van der Waals surface area (Å²) < 4.78 is 39.7. The Balaban J connectivity index is 1.05. The topological polar surface area (TPSA) is 545 Å². The van der Waals surface area contributed by atoms with Crippen LogP contribution < -0.4 is 62.5 Å². The van der Waals surface area contributed by atoms with Gasteiger partial charge < -0.3 is 123 Å². The minimum Gasteiger partial charge on any atom is -0.508 e. The van der Waals surface area contributed by atoms with E-state index < -0.39 is 237 Å². The van der Waals surface area contributed by atoms with Crippen LogP contribution in [0.4, 0.5) is 0 Å². The fraction of sp³-hybridized carbons (Fsp3) is 0.367. The minimum atomic E-state index is -2.38. The number of carbonyl (C=O) groups is 8. The molecule has 9 unspecified atom stereocenters. The number of carbonyl (C=O) groups excluding carboxylic acids is 7. The van der Waals surface area contributed by atoms with Crippen LogP contribution in [0.2, 0.25) is 15.1 Å². The molecule has 19 N–H and O–H groups in total. The van der Waals surface area contributed by atoms with Crippen LogP contribution in [0.3, 0.4) is 0 Å². The lowest BCUT2D eigenvalue weighted by atomic mass is 9.84. The van der Waals surface area contributed by atoms with Gasteiger partial charge in [-0.25, -0.2) is 4.79 Å². The summed E-state index contributed by atoms with van der Waals surface area (Å²) in [6.07, 6.45) is -18.8. The van der Waals surface area contributed by atoms with Crippen molar-refractivity contribution in [1.82, 2.24) is 42.5 Å². The number of nitrogens with zero attached hydrogens (tertiary/aromatic N) is 3. The first kappa shape index (κ1) is 85.3. The molecule has 0 aliphatic carbocycles. The number of aliphatic carboxylic acids is 1. The monoisotopic (exact) mass is 1670 g/mol. The van der Waals surface area contributed by atoms with E-state index in [0.717, 1.165) is 83.4 Å². The Morgan fingerprint density at radius 1 is 0.692 bits per heavy atom. The van der Waals surface area contributed by atoms with E-state index in [0.29, 0.717) is 5.02 Å². The molecule has 2 saturated heterocycles. The van der Waals surface area contributed by atoms with Crippen molar-refractivity contribution < 1.29 is 113 Å². The smallest absolute Gasteiger partial charge is 0.330 e. The molecule has 35 nitrogen and oxygen atoms in total. The van der Waals surface area contributed by atoms with Crippen molar-refractivity contribution in [2.45, 2.75) is 163 Å². The summed E-state index contributed by atoms with van der Waals surface area (Å²) in [5.74, 6) is -16.2. The van der Waals surface area contributed by atoms with Crippen molar-refractivity contribution in [3.8, 4) is 68.2 Å². The molecule has 0 spiro atoms. The molecule has 38 heteroatoms. The molecule has 7 heterocycles. The molecule has 7 aromatic carbocycles. The van der Waals surface area contributed by atoms with Crippen LogP contribution >= 0.6 is 34.8 Å². The number of rotatable bonds is 18. The summed E-state index contributed by atoms with van der Waals surface area (Å²) in [6, 6.07) is 14.1. The standard InChI is InChI=1S/C79H83Cl3N12O23/c1-32(2)20-47(85-5)71(104)92-62-64(99)38-13-18-51(45(81)22-38)113-53-24-40-25-54(68(53)117-78-69(67(102)66(101)55(115-78)31-87-94-84)116-57-29-79(4,70(103)33(3)112-57)86-30-34-6-8-35(9-7-34)36-10-15-41(80)16-11-36)114-52-19-14-39(23-46(52)82)65(100)63-76(109)91-61(77(110)111)44-26-42(95)27-50(97)58(44)43-21-37(12-17-49(43)96)59(73(106)93-63)90-74(107)60(40)89-72(105)48(28-56(83)98)88-75(62)108/h6-19,21-27,32-33,47-48,55,57,59-67,69-70,78,85-86,95-97,99-103H,20,28-31H2,1-5H3,(H2,83,98)(H,88,108)(H,89,105)(H,90,107)(H,91,109)(H,92,104)(H,93,106)(H,110,111)/t33?,47-,48+,55?,57?,59-,60-,61-,62-,63+,64-,65-,66?,67?,69?,70?,78?,79?/m1/s1. The van der Waals surface area contributed by atoms with E-state index >= 15 is 14.4 Å². The number of benzene rings is 7. The number of nitrogens with two attached hydrogens (primary N) is 1. The number of carboxylic acid groups (broad SMARTS) is 1. The fourth-order valence-corrected chi connectivity index (χ4v) is 15.1. The summed E-state index contributed by atoms with van der Waals surface area (Å²) >= 11 is 20.5. The normalized spacial score (nSPS) is 26.9. The number of azide groups is 1. The number of primary amides is 1. The molecule has 0 radical (unpaired) electrons. The average Bonchev–Trinajstić information content (AvgIpc) is 0.766. The van der Waals surface area contributed by atoms with Gasteiger partial charge in [0.25, 0.3) is 0 Å². The molecular formula is C79H83Cl3N12O23. The number of phenols is 3. The molecule has 7 aromatic rings. The van der Waals surface area contributed by atoms with Crippen molar-refractivity contribution in [2.75, 3.05) is 13.6 Å². The van der Waals surface area contributed by atoms with E-state index in [1.54, 1.807) is 26.0 Å². The van der Waals surface area contributed by atoms with Gasteiger partial charge in [-0.2, -0.15) is 0 Å². The molecule has 2 fully saturated rings. The van der Waals surface area contributed by atoms with Gasteiger partial charge in [0.15, 0.2) is 29.9 Å². The van der Waals surface area contributed by atoms with Gasteiger partial charge in [-0.05, 0) is 144 Å². The van der Waals surface area contributed by atoms with Gasteiger partial charge in [-0.3, -0.25) is 33.6 Å². The van der Waals surface area contributed by atoms with Crippen molar-refractivity contribution in [3.05, 3.63) is 186 Å². The molecule has 7 amide bonds. The largest absolute Gasteiger partial charge is 0.508 e. The second kappa shape index (κ2) is 35.8. The van der Waals surface area contributed by atoms with Crippen LogP contribution in [0, 0.1) is 5.92 Å². The summed E-state index contributed by atoms with van der Waals surface area (Å²) in [7, 11) is 1.47. The van der Waals surface area contributed by atoms with E-state index in [2.05, 4.69) is 52.6 Å². The fourth-order valence-electron chi connectivity index (χ4n) is 14.5. The van der Waals surface area contributed by atoms with E-state index in [1.165, 1.54) is 19.2 Å². The highest BCUT2D eigenvalue weighted by atomic mass is 35.5. The van der Waals surface area contributed by atoms with Gasteiger partial charge in [0.05, 0.1) is 47.4 Å². The SMILES string of the molecule is CN[C@H](CC(C)C)C(=O)N[C@H]1C(=O)N[C@@H](CC(N)=O)C(=O)N[C@H]2C(=O)N[C@H]3C(=O)N[C@H](C(=O)N[C@@H](C(=O)O)c4cc(O)cc(O)c4-c4cc3ccc4O)[C@H](O)c3ccc(c(Cl)c3)Oc3cc2cc(c3OC2OC(CN=[N+]=[N-])C(O)C(O)C2OC2CC(C)(NCc3ccc(-c4ccc(Cl)cc4)cc3)C(O)C(C)O2)Oc2ccc(cc2Cl)[C@H]1O. The highest BCUT2D eigenvalue weighted by molar-refractivity contribution is 6.32. The van der Waals surface area contributed by atoms with Crippen molar-refractivity contribution in [3.63, 3.8) is 0 Å². The lowest BCUT2D eigenvalue weighted by Gasteiger charge is -2.48. The molecule has 0 aromatic heterocycles. The van der Waals surface area contributed by atoms with Gasteiger partial charge in [0.2, 0.25) is 53.4 Å². The summed E-state index contributed by atoms with van der Waals surface area (Å²) in [4.78, 5) is 121. The van der Waals surface area contributed by atoms with E-state index in [4.69, 9.17) is 69.0 Å². The second-order valence-corrected chi connectivity index (χ2v) is 30.7. The number of amides is 7. The molecule has 618 valence electrons. The van der Waals surface area contributed by atoms with Crippen LogP contribution in [0.25, 0.3) is 32.7 Å². The van der Waals surface area contributed by atoms with E-state index in [1.807, 2.05) is 50.2 Å². The van der Waals surface area contributed by atoms with E-state index in [9.17, 15) is 75.5 Å². The molecular weight excluding hydrogens is 1590 g/mol. The second-order valence-electron chi connectivity index (χ2n) is 29.4. The molecule has 18 atom stereocenters. The number of carboxylic acids is 1. The third kappa shape index (κ3) is 18.8. The lowest BCUT2D eigenvalue weighted by molar-refractivity contribution is -0.331. The predicted octanol–water partition coefficient (Wildman–Crippen LogP) is 5.58. The number of likely N-dealkylation sites (N-methyl/N-ethyl adjacent to an activating group) is 1. The van der Waals surface area contributed by atoms with Crippen LogP contribution in [-0.2, 0) is 59.1 Å². The van der Waals surface area contributed by atoms with Crippen LogP contribution in [0.1, 0.15) is 111 Å². The molecule has 117 heavy (non-hydrogen) atoms. The number of aliphatic hydroxyl groups is 5. The Bertz CT molecular complexity index is 5050. The van der Waals surface area contributed by atoms with Crippen molar-refractivity contribution >= 4 is 82.1 Å². The summed E-state index contributed by atoms with van der Waals surface area (Å²) in [5, 5.41) is 130. The van der Waals surface area contributed by atoms with Crippen LogP contribution in [0.15, 0.2) is 133 Å². The quantitative estimate of drug-likeness (QED) is 0.0283. The minimum absolute atomic E-state index is 0.112. The van der Waals surface area contributed by atoms with Gasteiger partial charge >= 0.3 is 5.97 Å². The number of hydrogen-bond donors (Lipinski definition) is 18. The van der Waals surface area contributed by atoms with Gasteiger partial charge in [0.1, 0.15) is 83.4 Å². The molecule has 7 aliphatic rings. The predicted molar refractivity (Wildman–Crippen MR) is 416 cm³/mol. The van der Waals surface area contributed by atoms with Gasteiger partial charge in [-0.1, -0.05) is 108 Å². The maximum atomic E-state index is 16.2. The van der Waals surface area contributed by atoms with Gasteiger partial charge in [0, 0.05) is 51.2 Å². The summed E-state index contributed by atoms with van der Waals surface area (Å²) in [6.45, 7) is 6.42. The third-order valence-electron chi connectivity index (χ3n) is 20.7. The van der Waals surface area contributed by atoms with E-state index in [-0.39, 0.29) is 52.8 Å². The Morgan fingerprint density at radius 2 is 1.30 bits per heavy atom. The number of halogens is 3.